The summed E-state index contributed by atoms with van der Waals surface area (Å²) in [6.45, 7) is 0.533. The van der Waals surface area contributed by atoms with E-state index in [1.807, 2.05) is 12.1 Å². The van der Waals surface area contributed by atoms with Crippen molar-refractivity contribution in [2.75, 3.05) is 6.54 Å². The fourth-order valence-corrected chi connectivity index (χ4v) is 1.21. The van der Waals surface area contributed by atoms with Crippen LogP contribution in [-0.2, 0) is 0 Å². The van der Waals surface area contributed by atoms with Crippen molar-refractivity contribution in [2.24, 2.45) is 5.73 Å². The van der Waals surface area contributed by atoms with Crippen molar-refractivity contribution in [1.82, 2.24) is 0 Å². The first-order valence-electron chi connectivity index (χ1n) is 4.74. The first-order valence-corrected chi connectivity index (χ1v) is 4.74. The Hall–Kier alpha value is -2.19. The predicted molar refractivity (Wildman–Crippen MR) is 60.5 cm³/mol. The van der Waals surface area contributed by atoms with Crippen LogP contribution in [0.3, 0.4) is 0 Å². The second-order valence-corrected chi connectivity index (χ2v) is 3.12. The van der Waals surface area contributed by atoms with Crippen molar-refractivity contribution in [2.45, 2.75) is 6.42 Å². The molecule has 1 aromatic rings. The van der Waals surface area contributed by atoms with Crippen LogP contribution in [0.1, 0.15) is 17.5 Å². The van der Waals surface area contributed by atoms with Gasteiger partial charge in [0.2, 0.25) is 0 Å². The number of nitro groups is 1. The van der Waals surface area contributed by atoms with Gasteiger partial charge < -0.3 is 5.73 Å². The molecular weight excluding hydrogens is 206 g/mol. The van der Waals surface area contributed by atoms with Crippen molar-refractivity contribution in [1.29, 1.82) is 5.26 Å². The van der Waals surface area contributed by atoms with Crippen LogP contribution in [0.15, 0.2) is 24.3 Å². The van der Waals surface area contributed by atoms with Crippen LogP contribution in [0.5, 0.6) is 0 Å². The molecule has 0 fully saturated rings. The summed E-state index contributed by atoms with van der Waals surface area (Å²) < 4.78 is 0. The lowest BCUT2D eigenvalue weighted by atomic mass is 10.1. The quantitative estimate of drug-likeness (QED) is 0.615. The molecule has 0 aliphatic heterocycles. The first-order chi connectivity index (χ1) is 7.69. The maximum Gasteiger partial charge on any atom is 0.270 e. The molecule has 5 nitrogen and oxygen atoms in total. The molecule has 0 bridgehead atoms. The Morgan fingerprint density at radius 1 is 1.56 bits per heavy atom. The van der Waals surface area contributed by atoms with Crippen molar-refractivity contribution < 1.29 is 4.92 Å². The Labute approximate surface area is 93.0 Å². The van der Waals surface area contributed by atoms with E-state index < -0.39 is 4.92 Å². The van der Waals surface area contributed by atoms with Gasteiger partial charge in [-0.15, -0.1) is 0 Å². The fraction of sp³-hybridized carbons (Fsp3) is 0.182. The van der Waals surface area contributed by atoms with Gasteiger partial charge in [-0.05, 0) is 24.6 Å². The Bertz CT molecular complexity index is 461. The van der Waals surface area contributed by atoms with Crippen molar-refractivity contribution >= 4 is 11.8 Å². The highest BCUT2D eigenvalue weighted by molar-refractivity contribution is 5.60. The highest BCUT2D eigenvalue weighted by Crippen LogP contribution is 2.18. The van der Waals surface area contributed by atoms with E-state index in [1.54, 1.807) is 12.1 Å². The van der Waals surface area contributed by atoms with Gasteiger partial charge in [0.05, 0.1) is 10.5 Å². The second-order valence-electron chi connectivity index (χ2n) is 3.12. The van der Waals surface area contributed by atoms with E-state index in [2.05, 4.69) is 0 Å². The Balaban J connectivity index is 3.03. The van der Waals surface area contributed by atoms with E-state index in [4.69, 9.17) is 11.0 Å². The number of nitrogens with zero attached hydrogens (tertiary/aromatic N) is 2. The topological polar surface area (TPSA) is 92.9 Å². The summed E-state index contributed by atoms with van der Waals surface area (Å²) in [5.74, 6) is 0. The third-order valence-corrected chi connectivity index (χ3v) is 2.00. The van der Waals surface area contributed by atoms with Gasteiger partial charge in [-0.1, -0.05) is 12.2 Å². The molecule has 0 saturated heterocycles. The molecule has 0 atom stereocenters. The molecule has 16 heavy (non-hydrogen) atoms. The minimum absolute atomic E-state index is 0.0764. The molecule has 82 valence electrons. The van der Waals surface area contributed by atoms with Crippen LogP contribution >= 0.6 is 0 Å². The van der Waals surface area contributed by atoms with Crippen LogP contribution in [-0.4, -0.2) is 11.5 Å². The molecule has 0 aliphatic rings. The van der Waals surface area contributed by atoms with Crippen LogP contribution in [0, 0.1) is 21.4 Å². The average molecular weight is 217 g/mol. The van der Waals surface area contributed by atoms with E-state index in [9.17, 15) is 10.1 Å². The summed E-state index contributed by atoms with van der Waals surface area (Å²) in [6, 6.07) is 6.13. The largest absolute Gasteiger partial charge is 0.330 e. The molecule has 1 rings (SSSR count). The molecule has 0 saturated carbocycles. The number of nitrogens with two attached hydrogens (primary N) is 1. The second kappa shape index (κ2) is 5.63. The maximum atomic E-state index is 10.5. The third kappa shape index (κ3) is 2.90. The molecule has 2 N–H and O–H groups in total. The lowest BCUT2D eigenvalue weighted by Crippen LogP contribution is -1.95. The van der Waals surface area contributed by atoms with Gasteiger partial charge in [-0.25, -0.2) is 0 Å². The van der Waals surface area contributed by atoms with Crippen molar-refractivity contribution in [3.8, 4) is 6.07 Å². The minimum atomic E-state index is -0.520. The molecule has 0 unspecified atom stereocenters. The fourth-order valence-electron chi connectivity index (χ4n) is 1.21. The summed E-state index contributed by atoms with van der Waals surface area (Å²) in [5.41, 5.74) is 6.21. The number of hydrogen-bond donors (Lipinski definition) is 1. The van der Waals surface area contributed by atoms with Gasteiger partial charge >= 0.3 is 0 Å². The molecule has 0 amide bonds. The minimum Gasteiger partial charge on any atom is -0.330 e. The number of nitro benzene ring substituents is 1. The summed E-state index contributed by atoms with van der Waals surface area (Å²) in [5, 5.41) is 19.4. The smallest absolute Gasteiger partial charge is 0.270 e. The predicted octanol–water partition coefficient (Wildman–Crippen LogP) is 1.83. The SMILES string of the molecule is N#Cc1cc([N+](=O)[O-])ccc1C=CCCN. The molecule has 0 aliphatic carbocycles. The van der Waals surface area contributed by atoms with E-state index in [-0.39, 0.29) is 5.69 Å². The molecular formula is C11H11N3O2. The van der Waals surface area contributed by atoms with Crippen molar-refractivity contribution in [3.63, 3.8) is 0 Å². The number of benzene rings is 1. The normalized spacial score (nSPS) is 10.2. The summed E-state index contributed by atoms with van der Waals surface area (Å²) >= 11 is 0. The van der Waals surface area contributed by atoms with Crippen LogP contribution in [0.4, 0.5) is 5.69 Å². The number of rotatable bonds is 4. The van der Waals surface area contributed by atoms with Gasteiger partial charge in [0.25, 0.3) is 5.69 Å². The van der Waals surface area contributed by atoms with Crippen LogP contribution in [0.2, 0.25) is 0 Å². The monoisotopic (exact) mass is 217 g/mol. The van der Waals surface area contributed by atoms with Gasteiger partial charge in [0.15, 0.2) is 0 Å². The standard InChI is InChI=1S/C11H11N3O2/c12-6-2-1-3-9-4-5-11(14(15)16)7-10(9)8-13/h1,3-5,7H,2,6,12H2. The highest BCUT2D eigenvalue weighted by atomic mass is 16.6. The summed E-state index contributed by atoms with van der Waals surface area (Å²) in [4.78, 5) is 9.98. The molecule has 5 heteroatoms. The van der Waals surface area contributed by atoms with E-state index in [0.717, 1.165) is 0 Å². The number of hydrogen-bond acceptors (Lipinski definition) is 4. The zero-order valence-electron chi connectivity index (χ0n) is 8.59. The molecule has 0 radical (unpaired) electrons. The Morgan fingerprint density at radius 2 is 2.31 bits per heavy atom. The lowest BCUT2D eigenvalue weighted by Gasteiger charge is -1.97. The number of nitriles is 1. The Morgan fingerprint density at radius 3 is 2.88 bits per heavy atom. The van der Waals surface area contributed by atoms with Gasteiger partial charge in [-0.2, -0.15) is 5.26 Å². The zero-order chi connectivity index (χ0) is 12.0. The van der Waals surface area contributed by atoms with Gasteiger partial charge in [0.1, 0.15) is 6.07 Å². The van der Waals surface area contributed by atoms with Crippen LogP contribution < -0.4 is 5.73 Å². The highest BCUT2D eigenvalue weighted by Gasteiger charge is 2.08. The Kier molecular flexibility index (Phi) is 4.18. The summed E-state index contributed by atoms with van der Waals surface area (Å²) in [6.07, 6.45) is 4.29. The zero-order valence-corrected chi connectivity index (χ0v) is 8.59. The summed E-state index contributed by atoms with van der Waals surface area (Å²) in [7, 11) is 0. The van der Waals surface area contributed by atoms with Gasteiger partial charge in [0, 0.05) is 12.1 Å². The maximum absolute atomic E-state index is 10.5. The van der Waals surface area contributed by atoms with Gasteiger partial charge in [-0.3, -0.25) is 10.1 Å². The van der Waals surface area contributed by atoms with Crippen LogP contribution in [0.25, 0.3) is 6.08 Å². The van der Waals surface area contributed by atoms with E-state index in [0.29, 0.717) is 24.1 Å². The third-order valence-electron chi connectivity index (χ3n) is 2.00. The molecule has 0 spiro atoms. The average Bonchev–Trinajstić information content (AvgIpc) is 2.29. The van der Waals surface area contributed by atoms with Crippen molar-refractivity contribution in [3.05, 3.63) is 45.5 Å². The van der Waals surface area contributed by atoms with E-state index in [1.165, 1.54) is 12.1 Å². The molecule has 0 heterocycles. The lowest BCUT2D eigenvalue weighted by molar-refractivity contribution is -0.384. The molecule has 0 aromatic heterocycles. The number of non-ortho nitro benzene ring substituents is 1. The molecule has 1 aromatic carbocycles. The first kappa shape index (κ1) is 11.9. The van der Waals surface area contributed by atoms with E-state index >= 15 is 0 Å².